The van der Waals surface area contributed by atoms with Crippen molar-refractivity contribution in [2.75, 3.05) is 31.3 Å². The van der Waals surface area contributed by atoms with Gasteiger partial charge in [-0.3, -0.25) is 9.69 Å². The summed E-state index contributed by atoms with van der Waals surface area (Å²) in [5.41, 5.74) is 8.18. The van der Waals surface area contributed by atoms with Crippen molar-refractivity contribution in [3.8, 4) is 0 Å². The molecule has 0 aromatic heterocycles. The van der Waals surface area contributed by atoms with E-state index in [0.717, 1.165) is 17.8 Å². The Balaban J connectivity index is 2.79. The molecule has 21 heavy (non-hydrogen) atoms. The van der Waals surface area contributed by atoms with Crippen molar-refractivity contribution in [2.24, 2.45) is 0 Å². The van der Waals surface area contributed by atoms with Crippen LogP contribution in [0.4, 0.5) is 11.4 Å². The maximum absolute atomic E-state index is 12.5. The fourth-order valence-corrected chi connectivity index (χ4v) is 2.47. The molecule has 0 bridgehead atoms. The van der Waals surface area contributed by atoms with Gasteiger partial charge in [0.2, 0.25) is 5.91 Å². The minimum atomic E-state index is -0.235. The average Bonchev–Trinajstić information content (AvgIpc) is 2.43. The Hall–Kier alpha value is -1.59. The topological polar surface area (TPSA) is 67.6 Å². The van der Waals surface area contributed by atoms with Gasteiger partial charge in [-0.25, -0.2) is 0 Å². The van der Waals surface area contributed by atoms with Gasteiger partial charge < -0.3 is 15.8 Å². The van der Waals surface area contributed by atoms with Crippen molar-refractivity contribution in [3.05, 3.63) is 23.8 Å². The summed E-state index contributed by atoms with van der Waals surface area (Å²) in [6.07, 6.45) is 0. The molecule has 0 saturated carbocycles. The van der Waals surface area contributed by atoms with Crippen LogP contribution < -0.4 is 11.1 Å². The van der Waals surface area contributed by atoms with Crippen molar-refractivity contribution in [1.82, 2.24) is 4.90 Å². The Morgan fingerprint density at radius 2 is 2.10 bits per heavy atom. The van der Waals surface area contributed by atoms with Gasteiger partial charge in [-0.05, 0) is 45.0 Å². The van der Waals surface area contributed by atoms with E-state index in [9.17, 15) is 4.79 Å². The molecule has 0 aliphatic carbocycles. The second-order valence-electron chi connectivity index (χ2n) is 5.37. The van der Waals surface area contributed by atoms with Crippen LogP contribution in [0.15, 0.2) is 18.2 Å². The summed E-state index contributed by atoms with van der Waals surface area (Å²) in [4.78, 5) is 14.6. The third kappa shape index (κ3) is 4.72. The van der Waals surface area contributed by atoms with Crippen LogP contribution in [0.2, 0.25) is 0 Å². The molecule has 1 amide bonds. The lowest BCUT2D eigenvalue weighted by Gasteiger charge is -2.32. The number of nitrogens with zero attached hydrogens (tertiary/aromatic N) is 1. The molecule has 118 valence electrons. The zero-order valence-corrected chi connectivity index (χ0v) is 13.6. The third-order valence-corrected chi connectivity index (χ3v) is 3.74. The highest BCUT2D eigenvalue weighted by molar-refractivity contribution is 5.95. The van der Waals surface area contributed by atoms with Crippen LogP contribution in [-0.2, 0) is 9.53 Å². The first-order valence-corrected chi connectivity index (χ1v) is 7.32. The van der Waals surface area contributed by atoms with Gasteiger partial charge in [0.25, 0.3) is 0 Å². The van der Waals surface area contributed by atoms with Crippen LogP contribution in [0.5, 0.6) is 0 Å². The number of benzene rings is 1. The van der Waals surface area contributed by atoms with Crippen molar-refractivity contribution in [1.29, 1.82) is 0 Å². The summed E-state index contributed by atoms with van der Waals surface area (Å²) in [5, 5.41) is 2.96. The number of amides is 1. The van der Waals surface area contributed by atoms with E-state index in [1.54, 1.807) is 13.2 Å². The number of carbonyl (C=O) groups is 1. The molecule has 5 heteroatoms. The number of nitrogens with one attached hydrogen (secondary N) is 1. The van der Waals surface area contributed by atoms with E-state index >= 15 is 0 Å². The van der Waals surface area contributed by atoms with Crippen molar-refractivity contribution >= 4 is 17.3 Å². The molecule has 0 heterocycles. The Bertz CT molecular complexity index is 477. The van der Waals surface area contributed by atoms with E-state index in [2.05, 4.69) is 17.1 Å². The summed E-state index contributed by atoms with van der Waals surface area (Å²) in [6, 6.07) is 5.46. The molecule has 3 N–H and O–H groups in total. The smallest absolute Gasteiger partial charge is 0.241 e. The Kier molecular flexibility index (Phi) is 6.65. The SMILES string of the molecule is CCN(C(C)COC)C(C)C(=O)Nc1cc(N)ccc1C. The minimum Gasteiger partial charge on any atom is -0.399 e. The standard InChI is InChI=1S/C16H27N3O2/c1-6-19(12(3)10-21-5)13(4)16(20)18-15-9-14(17)8-7-11(15)2/h7-9,12-13H,6,10,17H2,1-5H3,(H,18,20). The van der Waals surface area contributed by atoms with Crippen LogP contribution in [0, 0.1) is 6.92 Å². The molecule has 5 nitrogen and oxygen atoms in total. The molecule has 2 unspecified atom stereocenters. The van der Waals surface area contributed by atoms with E-state index in [0.29, 0.717) is 12.3 Å². The highest BCUT2D eigenvalue weighted by Crippen LogP contribution is 2.19. The van der Waals surface area contributed by atoms with Crippen LogP contribution in [0.1, 0.15) is 26.3 Å². The van der Waals surface area contributed by atoms with Gasteiger partial charge in [0, 0.05) is 24.5 Å². The molecule has 0 spiro atoms. The number of nitrogen functional groups attached to an aromatic ring is 1. The maximum Gasteiger partial charge on any atom is 0.241 e. The Morgan fingerprint density at radius 3 is 2.67 bits per heavy atom. The zero-order valence-electron chi connectivity index (χ0n) is 13.6. The molecule has 1 aromatic carbocycles. The molecule has 0 radical (unpaired) electrons. The first-order valence-electron chi connectivity index (χ1n) is 7.32. The lowest BCUT2D eigenvalue weighted by Crippen LogP contribution is -2.48. The van der Waals surface area contributed by atoms with Crippen molar-refractivity contribution in [2.45, 2.75) is 39.8 Å². The minimum absolute atomic E-state index is 0.0338. The monoisotopic (exact) mass is 293 g/mol. The summed E-state index contributed by atoms with van der Waals surface area (Å²) in [6.45, 7) is 9.35. The first-order chi connectivity index (χ1) is 9.90. The highest BCUT2D eigenvalue weighted by Gasteiger charge is 2.24. The molecule has 0 aliphatic heterocycles. The normalized spacial score (nSPS) is 14.0. The van der Waals surface area contributed by atoms with E-state index in [4.69, 9.17) is 10.5 Å². The number of carbonyl (C=O) groups excluding carboxylic acids is 1. The van der Waals surface area contributed by atoms with Crippen LogP contribution in [0.3, 0.4) is 0 Å². The van der Waals surface area contributed by atoms with E-state index < -0.39 is 0 Å². The number of hydrogen-bond donors (Lipinski definition) is 2. The number of likely N-dealkylation sites (N-methyl/N-ethyl adjacent to an activating group) is 1. The predicted octanol–water partition coefficient (Wildman–Crippen LogP) is 2.26. The van der Waals surface area contributed by atoms with Gasteiger partial charge in [-0.15, -0.1) is 0 Å². The summed E-state index contributed by atoms with van der Waals surface area (Å²) >= 11 is 0. The summed E-state index contributed by atoms with van der Waals surface area (Å²) in [7, 11) is 1.67. The molecular formula is C16H27N3O2. The maximum atomic E-state index is 12.5. The molecule has 1 rings (SSSR count). The van der Waals surface area contributed by atoms with Gasteiger partial charge in [-0.2, -0.15) is 0 Å². The van der Waals surface area contributed by atoms with Crippen molar-refractivity contribution < 1.29 is 9.53 Å². The van der Waals surface area contributed by atoms with E-state index in [1.807, 2.05) is 32.9 Å². The number of methoxy groups -OCH3 is 1. The highest BCUT2D eigenvalue weighted by atomic mass is 16.5. The van der Waals surface area contributed by atoms with Crippen LogP contribution in [0.25, 0.3) is 0 Å². The van der Waals surface area contributed by atoms with Gasteiger partial charge in [0.1, 0.15) is 0 Å². The molecule has 1 aromatic rings. The molecular weight excluding hydrogens is 266 g/mol. The quantitative estimate of drug-likeness (QED) is 0.757. The van der Waals surface area contributed by atoms with Crippen LogP contribution in [-0.4, -0.2) is 43.2 Å². The van der Waals surface area contributed by atoms with Gasteiger partial charge in [-0.1, -0.05) is 13.0 Å². The number of rotatable bonds is 7. The second kappa shape index (κ2) is 8.00. The fraction of sp³-hybridized carbons (Fsp3) is 0.562. The third-order valence-electron chi connectivity index (χ3n) is 3.74. The zero-order chi connectivity index (χ0) is 16.0. The second-order valence-corrected chi connectivity index (χ2v) is 5.37. The van der Waals surface area contributed by atoms with Crippen LogP contribution >= 0.6 is 0 Å². The molecule has 0 fully saturated rings. The molecule has 2 atom stereocenters. The lowest BCUT2D eigenvalue weighted by atomic mass is 10.1. The van der Waals surface area contributed by atoms with E-state index in [-0.39, 0.29) is 18.0 Å². The summed E-state index contributed by atoms with van der Waals surface area (Å²) < 4.78 is 5.18. The number of anilines is 2. The number of nitrogens with two attached hydrogens (primary N) is 1. The largest absolute Gasteiger partial charge is 0.399 e. The Labute approximate surface area is 127 Å². The van der Waals surface area contributed by atoms with Gasteiger partial charge in [0.05, 0.1) is 12.6 Å². The van der Waals surface area contributed by atoms with Crippen molar-refractivity contribution in [3.63, 3.8) is 0 Å². The Morgan fingerprint density at radius 1 is 1.43 bits per heavy atom. The number of hydrogen-bond acceptors (Lipinski definition) is 4. The van der Waals surface area contributed by atoms with Gasteiger partial charge in [0.15, 0.2) is 0 Å². The summed E-state index contributed by atoms with van der Waals surface area (Å²) in [5.74, 6) is -0.0338. The molecule has 0 aliphatic rings. The molecule has 0 saturated heterocycles. The predicted molar refractivity (Wildman–Crippen MR) is 87.4 cm³/mol. The average molecular weight is 293 g/mol. The van der Waals surface area contributed by atoms with E-state index in [1.165, 1.54) is 0 Å². The first kappa shape index (κ1) is 17.5. The van der Waals surface area contributed by atoms with Gasteiger partial charge >= 0.3 is 0 Å². The lowest BCUT2D eigenvalue weighted by molar-refractivity contribution is -0.121. The fourth-order valence-electron chi connectivity index (χ4n) is 2.47. The number of aryl methyl sites for hydroxylation is 1. The number of ether oxygens (including phenoxy) is 1.